The fraction of sp³-hybridized carbons (Fsp3) is 0.200. The van der Waals surface area contributed by atoms with Crippen LogP contribution in [0.15, 0.2) is 18.2 Å². The van der Waals surface area contributed by atoms with Crippen LogP contribution >= 0.6 is 23.2 Å². The second kappa shape index (κ2) is 4.81. The average molecular weight is 270 g/mol. The van der Waals surface area contributed by atoms with Gasteiger partial charge in [-0.2, -0.15) is 0 Å². The molecule has 17 heavy (non-hydrogen) atoms. The van der Waals surface area contributed by atoms with Gasteiger partial charge in [-0.25, -0.2) is 0 Å². The van der Waals surface area contributed by atoms with Gasteiger partial charge in [0, 0.05) is 19.7 Å². The van der Waals surface area contributed by atoms with Gasteiger partial charge < -0.3 is 4.90 Å². The molecule has 2 rings (SSSR count). The van der Waals surface area contributed by atoms with E-state index in [1.165, 1.54) is 0 Å². The van der Waals surface area contributed by atoms with Gasteiger partial charge in [-0.05, 0) is 18.2 Å². The first-order valence-corrected chi connectivity index (χ1v) is 5.53. The Kier molecular flexibility index (Phi) is 3.40. The van der Waals surface area contributed by atoms with Gasteiger partial charge in [0.05, 0.1) is 10.0 Å². The first-order valence-electron chi connectivity index (χ1n) is 4.78. The van der Waals surface area contributed by atoms with Crippen molar-refractivity contribution >= 4 is 29.2 Å². The van der Waals surface area contributed by atoms with Crippen LogP contribution in [0.4, 0.5) is 5.95 Å². The maximum atomic E-state index is 5.91. The molecule has 0 atom stereocenters. The van der Waals surface area contributed by atoms with Crippen molar-refractivity contribution < 1.29 is 0 Å². The van der Waals surface area contributed by atoms with Crippen molar-refractivity contribution in [3.8, 4) is 11.4 Å². The maximum Gasteiger partial charge on any atom is 0.264 e. The third-order valence-electron chi connectivity index (χ3n) is 2.05. The molecule has 0 amide bonds. The summed E-state index contributed by atoms with van der Waals surface area (Å²) in [6.07, 6.45) is 0. The Labute approximate surface area is 108 Å². The number of hydrogen-bond acceptors (Lipinski definition) is 5. The van der Waals surface area contributed by atoms with Crippen LogP contribution in [0.2, 0.25) is 10.0 Å². The van der Waals surface area contributed by atoms with Gasteiger partial charge in [-0.3, -0.25) is 0 Å². The number of hydrogen-bond donors (Lipinski definition) is 0. The number of benzene rings is 1. The molecule has 1 aromatic heterocycles. The molecule has 2 aromatic rings. The standard InChI is InChI=1S/C10H9Cl2N5/c1-17(2)10-15-13-9(14-16-10)6-3-4-7(11)8(12)5-6/h3-5H,1-2H3. The zero-order chi connectivity index (χ0) is 12.4. The highest BCUT2D eigenvalue weighted by atomic mass is 35.5. The molecule has 0 spiro atoms. The lowest BCUT2D eigenvalue weighted by Gasteiger charge is -2.07. The lowest BCUT2D eigenvalue weighted by molar-refractivity contribution is 0.830. The van der Waals surface area contributed by atoms with Crippen molar-refractivity contribution in [2.75, 3.05) is 19.0 Å². The molecule has 0 fully saturated rings. The first kappa shape index (κ1) is 12.0. The number of nitrogens with zero attached hydrogens (tertiary/aromatic N) is 5. The van der Waals surface area contributed by atoms with Crippen molar-refractivity contribution in [2.24, 2.45) is 0 Å². The minimum Gasteiger partial charge on any atom is -0.344 e. The quantitative estimate of drug-likeness (QED) is 0.838. The topological polar surface area (TPSA) is 54.8 Å². The molecule has 0 aliphatic heterocycles. The van der Waals surface area contributed by atoms with Crippen LogP contribution in [0.3, 0.4) is 0 Å². The molecule has 88 valence electrons. The van der Waals surface area contributed by atoms with E-state index in [-0.39, 0.29) is 0 Å². The molecule has 0 N–H and O–H groups in total. The van der Waals surface area contributed by atoms with Crippen LogP contribution in [-0.4, -0.2) is 34.5 Å². The van der Waals surface area contributed by atoms with E-state index in [9.17, 15) is 0 Å². The van der Waals surface area contributed by atoms with E-state index in [0.29, 0.717) is 21.8 Å². The smallest absolute Gasteiger partial charge is 0.264 e. The van der Waals surface area contributed by atoms with Crippen molar-refractivity contribution in [1.82, 2.24) is 20.4 Å². The predicted molar refractivity (Wildman–Crippen MR) is 67.4 cm³/mol. The van der Waals surface area contributed by atoms with Crippen LogP contribution in [0.5, 0.6) is 0 Å². The summed E-state index contributed by atoms with van der Waals surface area (Å²) >= 11 is 11.7. The summed E-state index contributed by atoms with van der Waals surface area (Å²) in [5.74, 6) is 0.864. The second-order valence-electron chi connectivity index (χ2n) is 3.55. The van der Waals surface area contributed by atoms with E-state index >= 15 is 0 Å². The van der Waals surface area contributed by atoms with Gasteiger partial charge >= 0.3 is 0 Å². The normalized spacial score (nSPS) is 10.4. The van der Waals surface area contributed by atoms with E-state index in [0.717, 1.165) is 5.56 Å². The predicted octanol–water partition coefficient (Wildman–Crippen LogP) is 2.31. The molecule has 0 radical (unpaired) electrons. The Balaban J connectivity index is 2.36. The van der Waals surface area contributed by atoms with Crippen LogP contribution in [0.1, 0.15) is 0 Å². The Bertz CT molecular complexity index is 527. The van der Waals surface area contributed by atoms with Gasteiger partial charge in [-0.15, -0.1) is 20.4 Å². The van der Waals surface area contributed by atoms with E-state index in [1.807, 2.05) is 14.1 Å². The Morgan fingerprint density at radius 3 is 2.12 bits per heavy atom. The lowest BCUT2D eigenvalue weighted by atomic mass is 10.2. The summed E-state index contributed by atoms with van der Waals surface area (Å²) in [5.41, 5.74) is 0.727. The number of aromatic nitrogens is 4. The zero-order valence-electron chi connectivity index (χ0n) is 9.22. The van der Waals surface area contributed by atoms with Gasteiger partial charge in [0.2, 0.25) is 5.82 Å². The molecule has 0 unspecified atom stereocenters. The van der Waals surface area contributed by atoms with Gasteiger partial charge in [0.25, 0.3) is 5.95 Å². The van der Waals surface area contributed by atoms with E-state index < -0.39 is 0 Å². The van der Waals surface area contributed by atoms with Crippen molar-refractivity contribution in [3.63, 3.8) is 0 Å². The summed E-state index contributed by atoms with van der Waals surface area (Å²) in [6.45, 7) is 0. The van der Waals surface area contributed by atoms with Crippen molar-refractivity contribution in [3.05, 3.63) is 28.2 Å². The molecular formula is C10H9Cl2N5. The lowest BCUT2D eigenvalue weighted by Crippen LogP contribution is -2.14. The Hall–Kier alpha value is -1.46. The summed E-state index contributed by atoms with van der Waals surface area (Å²) in [5, 5.41) is 16.7. The molecule has 5 nitrogen and oxygen atoms in total. The maximum absolute atomic E-state index is 5.91. The molecule has 1 aromatic carbocycles. The van der Waals surface area contributed by atoms with Crippen LogP contribution < -0.4 is 4.90 Å². The van der Waals surface area contributed by atoms with Crippen LogP contribution in [-0.2, 0) is 0 Å². The highest BCUT2D eigenvalue weighted by Gasteiger charge is 2.07. The summed E-state index contributed by atoms with van der Waals surface area (Å²) < 4.78 is 0. The van der Waals surface area contributed by atoms with Gasteiger partial charge in [0.1, 0.15) is 0 Å². The molecular weight excluding hydrogens is 261 g/mol. The average Bonchev–Trinajstić information content (AvgIpc) is 2.33. The third kappa shape index (κ3) is 2.62. The van der Waals surface area contributed by atoms with Crippen LogP contribution in [0, 0.1) is 0 Å². The molecule has 1 heterocycles. The van der Waals surface area contributed by atoms with Crippen molar-refractivity contribution in [2.45, 2.75) is 0 Å². The fourth-order valence-electron chi connectivity index (χ4n) is 1.15. The Morgan fingerprint density at radius 1 is 0.941 bits per heavy atom. The highest BCUT2D eigenvalue weighted by Crippen LogP contribution is 2.26. The van der Waals surface area contributed by atoms with Crippen LogP contribution in [0.25, 0.3) is 11.4 Å². The largest absolute Gasteiger partial charge is 0.344 e. The summed E-state index contributed by atoms with van der Waals surface area (Å²) in [4.78, 5) is 1.72. The third-order valence-corrected chi connectivity index (χ3v) is 2.79. The first-order chi connectivity index (χ1) is 8.08. The van der Waals surface area contributed by atoms with E-state index in [1.54, 1.807) is 23.1 Å². The zero-order valence-corrected chi connectivity index (χ0v) is 10.7. The molecule has 0 aliphatic carbocycles. The summed E-state index contributed by atoms with van der Waals surface area (Å²) in [6, 6.07) is 5.13. The SMILES string of the molecule is CN(C)c1nnc(-c2ccc(Cl)c(Cl)c2)nn1. The van der Waals surface area contributed by atoms with Crippen molar-refractivity contribution in [1.29, 1.82) is 0 Å². The number of anilines is 1. The molecule has 0 aliphatic rings. The van der Waals surface area contributed by atoms with Gasteiger partial charge in [-0.1, -0.05) is 23.2 Å². The minimum atomic E-state index is 0.411. The van der Waals surface area contributed by atoms with E-state index in [4.69, 9.17) is 23.2 Å². The number of halogens is 2. The second-order valence-corrected chi connectivity index (χ2v) is 4.36. The summed E-state index contributed by atoms with van der Waals surface area (Å²) in [7, 11) is 3.63. The minimum absolute atomic E-state index is 0.411. The molecule has 0 saturated heterocycles. The van der Waals surface area contributed by atoms with Gasteiger partial charge in [0.15, 0.2) is 0 Å². The highest BCUT2D eigenvalue weighted by molar-refractivity contribution is 6.42. The Morgan fingerprint density at radius 2 is 1.59 bits per heavy atom. The van der Waals surface area contributed by atoms with E-state index in [2.05, 4.69) is 20.4 Å². The fourth-order valence-corrected chi connectivity index (χ4v) is 1.45. The molecule has 7 heteroatoms. The molecule has 0 bridgehead atoms. The monoisotopic (exact) mass is 269 g/mol. The molecule has 0 saturated carbocycles. The number of rotatable bonds is 2.